The summed E-state index contributed by atoms with van der Waals surface area (Å²) in [4.78, 5) is 0. The van der Waals surface area contributed by atoms with E-state index in [0.29, 0.717) is 5.92 Å². The molecule has 0 aliphatic rings. The molecule has 0 aliphatic heterocycles. The molecule has 0 radical (unpaired) electrons. The average Bonchev–Trinajstić information content (AvgIpc) is 2.24. The number of hydrogen-bond donors (Lipinski definition) is 1. The van der Waals surface area contributed by atoms with Crippen molar-refractivity contribution in [1.29, 1.82) is 0 Å². The number of rotatable bonds is 6. The van der Waals surface area contributed by atoms with Gasteiger partial charge >= 0.3 is 0 Å². The van der Waals surface area contributed by atoms with Gasteiger partial charge in [-0.3, -0.25) is 0 Å². The van der Waals surface area contributed by atoms with Crippen LogP contribution in [-0.4, -0.2) is 0 Å². The van der Waals surface area contributed by atoms with E-state index in [1.807, 2.05) is 6.07 Å². The van der Waals surface area contributed by atoms with Crippen LogP contribution in [0, 0.1) is 5.92 Å². The van der Waals surface area contributed by atoms with Crippen molar-refractivity contribution in [1.82, 2.24) is 0 Å². The van der Waals surface area contributed by atoms with Gasteiger partial charge in [-0.2, -0.15) is 0 Å². The highest BCUT2D eigenvalue weighted by molar-refractivity contribution is 5.41. The summed E-state index contributed by atoms with van der Waals surface area (Å²) in [5, 5.41) is 0. The van der Waals surface area contributed by atoms with Gasteiger partial charge in [0, 0.05) is 5.69 Å². The van der Waals surface area contributed by atoms with Gasteiger partial charge in [0.2, 0.25) is 0 Å². The maximum absolute atomic E-state index is 5.85. The molecule has 1 aromatic rings. The summed E-state index contributed by atoms with van der Waals surface area (Å²) in [7, 11) is 0. The zero-order valence-corrected chi connectivity index (χ0v) is 10.9. The molecule has 0 aromatic heterocycles. The van der Waals surface area contributed by atoms with Crippen molar-refractivity contribution in [3.8, 4) is 0 Å². The minimum Gasteiger partial charge on any atom is -0.399 e. The van der Waals surface area contributed by atoms with Crippen LogP contribution in [-0.2, 0) is 0 Å². The van der Waals surface area contributed by atoms with E-state index in [4.69, 9.17) is 5.73 Å². The highest BCUT2D eigenvalue weighted by Crippen LogP contribution is 2.28. The number of benzene rings is 1. The Morgan fingerprint density at radius 2 is 1.88 bits per heavy atom. The molecular formula is C15H25N. The first-order valence-electron chi connectivity index (χ1n) is 6.49. The topological polar surface area (TPSA) is 26.0 Å². The van der Waals surface area contributed by atoms with Crippen LogP contribution in [0.15, 0.2) is 24.3 Å². The maximum Gasteiger partial charge on any atom is 0.0316 e. The van der Waals surface area contributed by atoms with Crippen LogP contribution in [0.5, 0.6) is 0 Å². The van der Waals surface area contributed by atoms with Crippen molar-refractivity contribution in [2.24, 2.45) is 5.92 Å². The summed E-state index contributed by atoms with van der Waals surface area (Å²) in [6.45, 7) is 6.85. The smallest absolute Gasteiger partial charge is 0.0316 e. The van der Waals surface area contributed by atoms with Crippen LogP contribution in [0.4, 0.5) is 5.69 Å². The van der Waals surface area contributed by atoms with Gasteiger partial charge in [-0.15, -0.1) is 0 Å². The highest BCUT2D eigenvalue weighted by Gasteiger charge is 2.11. The van der Waals surface area contributed by atoms with E-state index in [-0.39, 0.29) is 0 Å². The third-order valence-electron chi connectivity index (χ3n) is 3.11. The van der Waals surface area contributed by atoms with Crippen LogP contribution in [0.25, 0.3) is 0 Å². The second-order valence-electron chi connectivity index (χ2n) is 5.13. The molecule has 0 saturated heterocycles. The summed E-state index contributed by atoms with van der Waals surface area (Å²) >= 11 is 0. The van der Waals surface area contributed by atoms with Crippen molar-refractivity contribution in [3.63, 3.8) is 0 Å². The molecule has 0 fully saturated rings. The summed E-state index contributed by atoms with van der Waals surface area (Å²) in [5.74, 6) is 1.48. The Kier molecular flexibility index (Phi) is 5.37. The monoisotopic (exact) mass is 219 g/mol. The fourth-order valence-electron chi connectivity index (χ4n) is 2.17. The lowest BCUT2D eigenvalue weighted by molar-refractivity contribution is 0.478. The first-order valence-corrected chi connectivity index (χ1v) is 6.49. The highest BCUT2D eigenvalue weighted by atomic mass is 14.5. The van der Waals surface area contributed by atoms with Gasteiger partial charge in [-0.25, -0.2) is 0 Å². The van der Waals surface area contributed by atoms with Gasteiger partial charge in [0.05, 0.1) is 0 Å². The molecule has 1 atom stereocenters. The Balaban J connectivity index is 2.68. The van der Waals surface area contributed by atoms with Crippen molar-refractivity contribution >= 4 is 5.69 Å². The molecule has 0 amide bonds. The molecule has 0 heterocycles. The lowest BCUT2D eigenvalue weighted by atomic mass is 9.88. The standard InChI is InChI=1S/C15H25N/c1-4-6-13(10-9-12(2)3)14-7-5-8-15(16)11-14/h5,7-8,11-13H,4,6,9-10,16H2,1-3H3. The lowest BCUT2D eigenvalue weighted by Crippen LogP contribution is -2.02. The predicted octanol–water partition coefficient (Wildman–Crippen LogP) is 4.59. The Bertz CT molecular complexity index is 304. The molecular weight excluding hydrogens is 194 g/mol. The van der Waals surface area contributed by atoms with E-state index in [1.165, 1.54) is 31.2 Å². The Labute approximate surface area is 100 Å². The molecule has 0 saturated carbocycles. The zero-order chi connectivity index (χ0) is 12.0. The molecule has 0 bridgehead atoms. The van der Waals surface area contributed by atoms with Gasteiger partial charge in [0.15, 0.2) is 0 Å². The summed E-state index contributed by atoms with van der Waals surface area (Å²) in [6, 6.07) is 8.40. The van der Waals surface area contributed by atoms with E-state index in [0.717, 1.165) is 11.6 Å². The quantitative estimate of drug-likeness (QED) is 0.696. The lowest BCUT2D eigenvalue weighted by Gasteiger charge is -2.18. The first-order chi connectivity index (χ1) is 7.63. The molecule has 2 N–H and O–H groups in total. The van der Waals surface area contributed by atoms with Crippen LogP contribution in [0.1, 0.15) is 57.9 Å². The fraction of sp³-hybridized carbons (Fsp3) is 0.600. The van der Waals surface area contributed by atoms with Gasteiger partial charge in [-0.1, -0.05) is 45.7 Å². The number of nitrogen functional groups attached to an aromatic ring is 1. The van der Waals surface area contributed by atoms with E-state index >= 15 is 0 Å². The number of hydrogen-bond acceptors (Lipinski definition) is 1. The second-order valence-corrected chi connectivity index (χ2v) is 5.13. The Morgan fingerprint density at radius 3 is 2.44 bits per heavy atom. The molecule has 0 spiro atoms. The first kappa shape index (κ1) is 13.1. The molecule has 1 rings (SSSR count). The van der Waals surface area contributed by atoms with Gasteiger partial charge in [0.25, 0.3) is 0 Å². The molecule has 1 aromatic carbocycles. The number of nitrogens with two attached hydrogens (primary N) is 1. The SMILES string of the molecule is CCCC(CCC(C)C)c1cccc(N)c1. The third-order valence-corrected chi connectivity index (χ3v) is 3.11. The Morgan fingerprint density at radius 1 is 1.12 bits per heavy atom. The zero-order valence-electron chi connectivity index (χ0n) is 10.9. The van der Waals surface area contributed by atoms with Gasteiger partial charge < -0.3 is 5.73 Å². The third kappa shape index (κ3) is 4.26. The van der Waals surface area contributed by atoms with E-state index in [1.54, 1.807) is 0 Å². The fourth-order valence-corrected chi connectivity index (χ4v) is 2.17. The van der Waals surface area contributed by atoms with Crippen LogP contribution in [0.3, 0.4) is 0 Å². The number of anilines is 1. The maximum atomic E-state index is 5.85. The van der Waals surface area contributed by atoms with Crippen LogP contribution >= 0.6 is 0 Å². The molecule has 16 heavy (non-hydrogen) atoms. The molecule has 1 nitrogen and oxygen atoms in total. The van der Waals surface area contributed by atoms with Crippen molar-refractivity contribution < 1.29 is 0 Å². The second kappa shape index (κ2) is 6.57. The van der Waals surface area contributed by atoms with Crippen molar-refractivity contribution in [2.45, 2.75) is 52.4 Å². The molecule has 1 unspecified atom stereocenters. The normalized spacial score (nSPS) is 13.0. The summed E-state index contributed by atoms with van der Waals surface area (Å²) in [5.41, 5.74) is 8.16. The van der Waals surface area contributed by atoms with Gasteiger partial charge in [0.1, 0.15) is 0 Å². The summed E-state index contributed by atoms with van der Waals surface area (Å²) in [6.07, 6.45) is 5.11. The van der Waals surface area contributed by atoms with Gasteiger partial charge in [-0.05, 0) is 42.4 Å². The minimum absolute atomic E-state index is 0.691. The van der Waals surface area contributed by atoms with Crippen LogP contribution < -0.4 is 5.73 Å². The predicted molar refractivity (Wildman–Crippen MR) is 72.6 cm³/mol. The largest absolute Gasteiger partial charge is 0.399 e. The molecule has 90 valence electrons. The minimum atomic E-state index is 0.691. The molecule has 0 aliphatic carbocycles. The van der Waals surface area contributed by atoms with Crippen molar-refractivity contribution in [3.05, 3.63) is 29.8 Å². The summed E-state index contributed by atoms with van der Waals surface area (Å²) < 4.78 is 0. The van der Waals surface area contributed by atoms with E-state index in [2.05, 4.69) is 39.0 Å². The Hall–Kier alpha value is -0.980. The van der Waals surface area contributed by atoms with Crippen LogP contribution in [0.2, 0.25) is 0 Å². The van der Waals surface area contributed by atoms with E-state index < -0.39 is 0 Å². The van der Waals surface area contributed by atoms with Crippen molar-refractivity contribution in [2.75, 3.05) is 5.73 Å². The van der Waals surface area contributed by atoms with E-state index in [9.17, 15) is 0 Å². The average molecular weight is 219 g/mol. The molecule has 1 heteroatoms.